The van der Waals surface area contributed by atoms with Gasteiger partial charge in [0.05, 0.1) is 6.04 Å². The molecule has 0 saturated carbocycles. The molecule has 2 nitrogen and oxygen atoms in total. The number of H-pyrrole nitrogens is 1. The predicted molar refractivity (Wildman–Crippen MR) is 83.3 cm³/mol. The van der Waals surface area contributed by atoms with Gasteiger partial charge in [-0.3, -0.25) is 0 Å². The van der Waals surface area contributed by atoms with E-state index in [9.17, 15) is 4.39 Å². The second-order valence-corrected chi connectivity index (χ2v) is 6.67. The Labute approximate surface area is 124 Å². The van der Waals surface area contributed by atoms with Crippen LogP contribution in [0.15, 0.2) is 24.4 Å². The number of rotatable bonds is 2. The van der Waals surface area contributed by atoms with Gasteiger partial charge in [0.25, 0.3) is 0 Å². The third-order valence-corrected chi connectivity index (χ3v) is 3.96. The summed E-state index contributed by atoms with van der Waals surface area (Å²) in [6, 6.07) is 5.37. The van der Waals surface area contributed by atoms with Crippen LogP contribution in [0.5, 0.6) is 0 Å². The van der Waals surface area contributed by atoms with E-state index in [4.69, 9.17) is 12.2 Å². The molecular weight excluding hydrogens is 271 g/mol. The number of hydrogen-bond donors (Lipinski definition) is 1. The molecule has 4 heteroatoms. The van der Waals surface area contributed by atoms with Crippen molar-refractivity contribution in [3.8, 4) is 0 Å². The Morgan fingerprint density at radius 1 is 1.30 bits per heavy atom. The van der Waals surface area contributed by atoms with Crippen molar-refractivity contribution >= 4 is 12.2 Å². The largest absolute Gasteiger partial charge is 0.337 e. The third kappa shape index (κ3) is 2.70. The monoisotopic (exact) mass is 292 g/mol. The zero-order valence-electron chi connectivity index (χ0n) is 12.6. The van der Waals surface area contributed by atoms with Crippen molar-refractivity contribution in [2.75, 3.05) is 0 Å². The van der Waals surface area contributed by atoms with Gasteiger partial charge in [-0.1, -0.05) is 32.9 Å². The summed E-state index contributed by atoms with van der Waals surface area (Å²) in [4.78, 5) is 3.10. The topological polar surface area (TPSA) is 20.7 Å². The van der Waals surface area contributed by atoms with Crippen LogP contribution in [-0.4, -0.2) is 9.55 Å². The minimum Gasteiger partial charge on any atom is -0.337 e. The van der Waals surface area contributed by atoms with Crippen molar-refractivity contribution in [2.24, 2.45) is 0 Å². The quantitative estimate of drug-likeness (QED) is 0.781. The second kappa shape index (κ2) is 5.17. The van der Waals surface area contributed by atoms with E-state index in [0.29, 0.717) is 10.3 Å². The fourth-order valence-corrected chi connectivity index (χ4v) is 2.67. The van der Waals surface area contributed by atoms with Gasteiger partial charge in [0.15, 0.2) is 4.77 Å². The summed E-state index contributed by atoms with van der Waals surface area (Å²) < 4.78 is 16.5. The fourth-order valence-electron chi connectivity index (χ4n) is 2.36. The van der Waals surface area contributed by atoms with Crippen LogP contribution in [0.1, 0.15) is 50.6 Å². The van der Waals surface area contributed by atoms with Crippen LogP contribution in [0.25, 0.3) is 0 Å². The van der Waals surface area contributed by atoms with Crippen molar-refractivity contribution in [2.45, 2.75) is 46.1 Å². The highest BCUT2D eigenvalue weighted by atomic mass is 32.1. The van der Waals surface area contributed by atoms with E-state index in [2.05, 4.69) is 30.3 Å². The molecule has 2 rings (SSSR count). The lowest BCUT2D eigenvalue weighted by Gasteiger charge is -2.25. The Balaban J connectivity index is 2.53. The Hall–Kier alpha value is -1.42. The lowest BCUT2D eigenvalue weighted by atomic mass is 9.92. The van der Waals surface area contributed by atoms with Crippen molar-refractivity contribution in [3.05, 3.63) is 51.8 Å². The van der Waals surface area contributed by atoms with Gasteiger partial charge in [0.1, 0.15) is 5.82 Å². The van der Waals surface area contributed by atoms with Crippen LogP contribution >= 0.6 is 12.2 Å². The average Bonchev–Trinajstić information content (AvgIpc) is 2.73. The third-order valence-electron chi connectivity index (χ3n) is 3.64. The highest BCUT2D eigenvalue weighted by Crippen LogP contribution is 2.28. The van der Waals surface area contributed by atoms with E-state index in [1.54, 1.807) is 13.0 Å². The molecule has 0 radical (unpaired) electrons. The molecule has 0 bridgehead atoms. The normalized spacial score (nSPS) is 13.5. The minimum absolute atomic E-state index is 0.00178. The number of nitrogens with one attached hydrogen (secondary N) is 1. The molecule has 108 valence electrons. The number of aryl methyl sites for hydroxylation is 1. The van der Waals surface area contributed by atoms with Gasteiger partial charge in [-0.2, -0.15) is 0 Å². The van der Waals surface area contributed by atoms with Crippen molar-refractivity contribution in [1.29, 1.82) is 0 Å². The smallest absolute Gasteiger partial charge is 0.177 e. The van der Waals surface area contributed by atoms with Crippen LogP contribution in [0.4, 0.5) is 4.39 Å². The van der Waals surface area contributed by atoms with E-state index in [-0.39, 0.29) is 17.3 Å². The second-order valence-electron chi connectivity index (χ2n) is 6.28. The SMILES string of the molecule is Cc1ccc(C(C)n2c(C(C)(C)C)c[nH]c2=S)cc1F. The standard InChI is InChI=1S/C16H21FN2S/c1-10-6-7-12(8-13(10)17)11(2)19-14(16(3,4)5)9-18-15(19)20/h6-9,11H,1-5H3,(H,18,20). The van der Waals surface area contributed by atoms with Gasteiger partial charge in [-0.25, -0.2) is 4.39 Å². The molecule has 2 aromatic rings. The first-order valence-corrected chi connectivity index (χ1v) is 7.19. The summed E-state index contributed by atoms with van der Waals surface area (Å²) in [5, 5.41) is 0. The summed E-state index contributed by atoms with van der Waals surface area (Å²) in [5.41, 5.74) is 2.69. The zero-order chi connectivity index (χ0) is 15.1. The summed E-state index contributed by atoms with van der Waals surface area (Å²) in [6.07, 6.45) is 1.95. The number of hydrogen-bond acceptors (Lipinski definition) is 1. The first kappa shape index (κ1) is 15.0. The molecule has 1 heterocycles. The number of aromatic nitrogens is 2. The Morgan fingerprint density at radius 2 is 1.95 bits per heavy atom. The lowest BCUT2D eigenvalue weighted by Crippen LogP contribution is -2.20. The summed E-state index contributed by atoms with van der Waals surface area (Å²) in [7, 11) is 0. The van der Waals surface area contributed by atoms with Crippen LogP contribution in [0.3, 0.4) is 0 Å². The first-order chi connectivity index (χ1) is 9.21. The highest BCUT2D eigenvalue weighted by Gasteiger charge is 2.22. The summed E-state index contributed by atoms with van der Waals surface area (Å²) in [6.45, 7) is 10.2. The number of nitrogens with zero attached hydrogens (tertiary/aromatic N) is 1. The van der Waals surface area contributed by atoms with E-state index in [1.165, 1.54) is 0 Å². The molecule has 0 aliphatic heterocycles. The number of aromatic amines is 1. The number of benzene rings is 1. The lowest BCUT2D eigenvalue weighted by molar-refractivity contribution is 0.493. The van der Waals surface area contributed by atoms with Crippen molar-refractivity contribution in [1.82, 2.24) is 9.55 Å². The predicted octanol–water partition coefficient (Wildman–Crippen LogP) is 4.90. The molecule has 0 aliphatic rings. The molecular formula is C16H21FN2S. The summed E-state index contributed by atoms with van der Waals surface area (Å²) in [5.74, 6) is -0.172. The van der Waals surface area contributed by atoms with E-state index < -0.39 is 0 Å². The van der Waals surface area contributed by atoms with Crippen LogP contribution in [-0.2, 0) is 5.41 Å². The van der Waals surface area contributed by atoms with E-state index in [1.807, 2.05) is 25.3 Å². The molecule has 0 fully saturated rings. The van der Waals surface area contributed by atoms with E-state index in [0.717, 1.165) is 11.3 Å². The Bertz CT molecular complexity index is 677. The van der Waals surface area contributed by atoms with Gasteiger partial charge >= 0.3 is 0 Å². The molecule has 0 spiro atoms. The van der Waals surface area contributed by atoms with Crippen LogP contribution in [0.2, 0.25) is 0 Å². The molecule has 1 atom stereocenters. The van der Waals surface area contributed by atoms with Crippen molar-refractivity contribution < 1.29 is 4.39 Å². The first-order valence-electron chi connectivity index (χ1n) is 6.78. The van der Waals surface area contributed by atoms with Crippen molar-refractivity contribution in [3.63, 3.8) is 0 Å². The molecule has 0 amide bonds. The molecule has 1 aromatic heterocycles. The maximum Gasteiger partial charge on any atom is 0.177 e. The number of halogens is 1. The molecule has 1 N–H and O–H groups in total. The molecule has 0 saturated heterocycles. The van der Waals surface area contributed by atoms with Gasteiger partial charge in [0.2, 0.25) is 0 Å². The fraction of sp³-hybridized carbons (Fsp3) is 0.438. The van der Waals surface area contributed by atoms with Gasteiger partial charge in [-0.15, -0.1) is 0 Å². The number of imidazole rings is 1. The zero-order valence-corrected chi connectivity index (χ0v) is 13.4. The molecule has 0 aliphatic carbocycles. The Kier molecular flexibility index (Phi) is 3.87. The summed E-state index contributed by atoms with van der Waals surface area (Å²) >= 11 is 5.39. The van der Waals surface area contributed by atoms with Crippen LogP contribution < -0.4 is 0 Å². The Morgan fingerprint density at radius 3 is 2.50 bits per heavy atom. The van der Waals surface area contributed by atoms with Crippen LogP contribution in [0, 0.1) is 17.5 Å². The van der Waals surface area contributed by atoms with Gasteiger partial charge in [-0.05, 0) is 43.3 Å². The highest BCUT2D eigenvalue weighted by molar-refractivity contribution is 7.71. The minimum atomic E-state index is -0.172. The molecule has 20 heavy (non-hydrogen) atoms. The maximum atomic E-state index is 13.8. The average molecular weight is 292 g/mol. The van der Waals surface area contributed by atoms with Gasteiger partial charge in [0, 0.05) is 17.3 Å². The molecule has 1 aromatic carbocycles. The maximum absolute atomic E-state index is 13.8. The molecule has 1 unspecified atom stereocenters. The van der Waals surface area contributed by atoms with E-state index >= 15 is 0 Å². The van der Waals surface area contributed by atoms with Gasteiger partial charge < -0.3 is 9.55 Å².